The van der Waals surface area contributed by atoms with E-state index >= 15 is 0 Å². The van der Waals surface area contributed by atoms with E-state index in [-0.39, 0.29) is 11.9 Å². The molecular weight excluding hydrogens is 298 g/mol. The zero-order valence-electron chi connectivity index (χ0n) is 14.7. The highest BCUT2D eigenvalue weighted by molar-refractivity contribution is 5.76. The maximum Gasteiger partial charge on any atom is 0.315 e. The molecule has 2 saturated carbocycles. The van der Waals surface area contributed by atoms with Crippen molar-refractivity contribution >= 4 is 5.97 Å². The van der Waals surface area contributed by atoms with Crippen LogP contribution in [-0.4, -0.2) is 30.0 Å². The van der Waals surface area contributed by atoms with Gasteiger partial charge in [0.25, 0.3) is 0 Å². The van der Waals surface area contributed by atoms with E-state index in [2.05, 4.69) is 11.9 Å². The molecule has 1 aliphatic heterocycles. The second kappa shape index (κ2) is 6.87. The summed E-state index contributed by atoms with van der Waals surface area (Å²) in [6.45, 7) is 0. The number of para-hydroxylation sites is 1. The first-order valence-electron chi connectivity index (χ1n) is 9.74. The molecule has 0 amide bonds. The van der Waals surface area contributed by atoms with Gasteiger partial charge in [0.15, 0.2) is 0 Å². The minimum absolute atomic E-state index is 0.0306. The number of hydrogen-bond acceptors (Lipinski definition) is 3. The molecular formula is C21H29NO2. The normalized spacial score (nSPS) is 36.5. The predicted molar refractivity (Wildman–Crippen MR) is 94.8 cm³/mol. The Morgan fingerprint density at radius 3 is 2.04 bits per heavy atom. The minimum Gasteiger partial charge on any atom is -0.426 e. The van der Waals surface area contributed by atoms with E-state index in [1.807, 2.05) is 30.3 Å². The molecule has 1 saturated heterocycles. The van der Waals surface area contributed by atoms with E-state index < -0.39 is 0 Å². The molecule has 2 aliphatic carbocycles. The third-order valence-electron chi connectivity index (χ3n) is 6.77. The van der Waals surface area contributed by atoms with E-state index in [1.54, 1.807) is 0 Å². The number of hydrogen-bond donors (Lipinski definition) is 0. The maximum absolute atomic E-state index is 13.1. The number of fused-ring (bicyclic) bond motifs is 2. The molecule has 1 aromatic rings. The largest absolute Gasteiger partial charge is 0.426 e. The molecule has 3 nitrogen and oxygen atoms in total. The number of benzene rings is 1. The highest BCUT2D eigenvalue weighted by Gasteiger charge is 2.51. The van der Waals surface area contributed by atoms with Gasteiger partial charge < -0.3 is 4.74 Å². The molecule has 3 fully saturated rings. The van der Waals surface area contributed by atoms with Gasteiger partial charge in [0.1, 0.15) is 5.75 Å². The fourth-order valence-corrected chi connectivity index (χ4v) is 5.71. The summed E-state index contributed by atoms with van der Waals surface area (Å²) in [5.74, 6) is 1.79. The second-order valence-electron chi connectivity index (χ2n) is 7.96. The summed E-state index contributed by atoms with van der Waals surface area (Å²) in [4.78, 5) is 15.8. The van der Waals surface area contributed by atoms with Crippen molar-refractivity contribution in [3.8, 4) is 5.75 Å². The van der Waals surface area contributed by atoms with Gasteiger partial charge in [-0.3, -0.25) is 9.69 Å². The number of carbonyl (C=O) groups excluding carboxylic acids is 1. The molecule has 0 spiro atoms. The molecule has 0 radical (unpaired) electrons. The molecule has 3 heteroatoms. The van der Waals surface area contributed by atoms with Crippen LogP contribution in [0.2, 0.25) is 0 Å². The van der Waals surface area contributed by atoms with Gasteiger partial charge in [0.2, 0.25) is 0 Å². The predicted octanol–water partition coefficient (Wildman–Crippen LogP) is 4.27. The fraction of sp³-hybridized carbons (Fsp3) is 0.667. The Kier molecular flexibility index (Phi) is 4.62. The number of carbonyl (C=O) groups is 1. The third-order valence-corrected chi connectivity index (χ3v) is 6.77. The van der Waals surface area contributed by atoms with E-state index in [9.17, 15) is 4.79 Å². The van der Waals surface area contributed by atoms with E-state index in [1.165, 1.54) is 51.4 Å². The average molecular weight is 327 g/mol. The van der Waals surface area contributed by atoms with Gasteiger partial charge in [-0.1, -0.05) is 43.9 Å². The van der Waals surface area contributed by atoms with Gasteiger partial charge in [0.05, 0.1) is 5.92 Å². The minimum atomic E-state index is 0.0306. The van der Waals surface area contributed by atoms with E-state index in [4.69, 9.17) is 4.74 Å². The van der Waals surface area contributed by atoms with Crippen molar-refractivity contribution in [2.75, 3.05) is 7.05 Å². The molecule has 1 aromatic carbocycles. The van der Waals surface area contributed by atoms with Gasteiger partial charge in [-0.15, -0.1) is 0 Å². The van der Waals surface area contributed by atoms with Crippen LogP contribution < -0.4 is 4.74 Å². The van der Waals surface area contributed by atoms with Crippen LogP contribution in [-0.2, 0) is 4.79 Å². The van der Waals surface area contributed by atoms with Crippen LogP contribution >= 0.6 is 0 Å². The number of nitrogens with zero attached hydrogens (tertiary/aromatic N) is 1. The standard InChI is InChI=1S/C21H29NO2/c1-22-18-13-7-5-11-16(18)20(17-12-6-8-14-19(17)22)21(23)24-15-9-3-2-4-10-15/h2-4,9-10,16-20H,5-8,11-14H2,1H3. The summed E-state index contributed by atoms with van der Waals surface area (Å²) in [5, 5.41) is 0. The lowest BCUT2D eigenvalue weighted by atomic mass is 9.62. The molecule has 130 valence electrons. The van der Waals surface area contributed by atoms with Crippen LogP contribution in [0.1, 0.15) is 51.4 Å². The Morgan fingerprint density at radius 2 is 1.46 bits per heavy atom. The molecule has 0 aromatic heterocycles. The van der Waals surface area contributed by atoms with Crippen molar-refractivity contribution in [3.05, 3.63) is 30.3 Å². The lowest BCUT2D eigenvalue weighted by Crippen LogP contribution is -2.61. The first kappa shape index (κ1) is 16.1. The zero-order valence-corrected chi connectivity index (χ0v) is 14.7. The van der Waals surface area contributed by atoms with Gasteiger partial charge in [-0.25, -0.2) is 0 Å². The van der Waals surface area contributed by atoms with E-state index in [0.29, 0.717) is 29.7 Å². The average Bonchev–Trinajstić information content (AvgIpc) is 2.63. The topological polar surface area (TPSA) is 29.5 Å². The molecule has 3 aliphatic rings. The van der Waals surface area contributed by atoms with E-state index in [0.717, 1.165) is 0 Å². The lowest BCUT2D eigenvalue weighted by Gasteiger charge is -2.55. The zero-order chi connectivity index (χ0) is 16.5. The Balaban J connectivity index is 1.61. The first-order valence-corrected chi connectivity index (χ1v) is 9.74. The summed E-state index contributed by atoms with van der Waals surface area (Å²) in [6, 6.07) is 10.8. The smallest absolute Gasteiger partial charge is 0.315 e. The SMILES string of the molecule is CN1C2CCCCC2C(C(=O)Oc2ccccc2)C2CCCCC21. The van der Waals surface area contributed by atoms with Crippen LogP contribution in [0.4, 0.5) is 0 Å². The van der Waals surface area contributed by atoms with Gasteiger partial charge >= 0.3 is 5.97 Å². The quantitative estimate of drug-likeness (QED) is 0.600. The Hall–Kier alpha value is -1.35. The molecule has 24 heavy (non-hydrogen) atoms. The summed E-state index contributed by atoms with van der Waals surface area (Å²) < 4.78 is 5.83. The van der Waals surface area contributed by atoms with Gasteiger partial charge in [-0.2, -0.15) is 0 Å². The van der Waals surface area contributed by atoms with Crippen LogP contribution in [0.5, 0.6) is 5.75 Å². The number of rotatable bonds is 2. The number of esters is 1. The van der Waals surface area contributed by atoms with Crippen molar-refractivity contribution in [1.82, 2.24) is 4.90 Å². The first-order chi connectivity index (χ1) is 11.8. The Bertz CT molecular complexity index is 548. The van der Waals surface area contributed by atoms with Crippen LogP contribution in [0, 0.1) is 17.8 Å². The number of likely N-dealkylation sites (tertiary alicyclic amines) is 1. The Morgan fingerprint density at radius 1 is 0.917 bits per heavy atom. The van der Waals surface area contributed by atoms with Crippen LogP contribution in [0.3, 0.4) is 0 Å². The van der Waals surface area contributed by atoms with Gasteiger partial charge in [-0.05, 0) is 56.7 Å². The maximum atomic E-state index is 13.1. The van der Waals surface area contributed by atoms with Crippen LogP contribution in [0.25, 0.3) is 0 Å². The lowest BCUT2D eigenvalue weighted by molar-refractivity contribution is -0.155. The van der Waals surface area contributed by atoms with Gasteiger partial charge in [0, 0.05) is 12.1 Å². The molecule has 0 N–H and O–H groups in total. The summed E-state index contributed by atoms with van der Waals surface area (Å²) in [7, 11) is 2.31. The van der Waals surface area contributed by atoms with Crippen molar-refractivity contribution in [2.24, 2.45) is 17.8 Å². The fourth-order valence-electron chi connectivity index (χ4n) is 5.71. The van der Waals surface area contributed by atoms with Crippen molar-refractivity contribution in [3.63, 3.8) is 0 Å². The molecule has 4 atom stereocenters. The second-order valence-corrected chi connectivity index (χ2v) is 7.96. The van der Waals surface area contributed by atoms with Crippen LogP contribution in [0.15, 0.2) is 30.3 Å². The van der Waals surface area contributed by atoms with Crippen molar-refractivity contribution in [1.29, 1.82) is 0 Å². The monoisotopic (exact) mass is 327 g/mol. The molecule has 0 bridgehead atoms. The molecule has 4 rings (SSSR count). The summed E-state index contributed by atoms with van der Waals surface area (Å²) in [6.07, 6.45) is 10.0. The third kappa shape index (κ3) is 2.88. The summed E-state index contributed by atoms with van der Waals surface area (Å²) >= 11 is 0. The molecule has 4 unspecified atom stereocenters. The van der Waals surface area contributed by atoms with Crippen molar-refractivity contribution in [2.45, 2.75) is 63.5 Å². The highest BCUT2D eigenvalue weighted by atomic mass is 16.5. The number of ether oxygens (including phenoxy) is 1. The number of piperidine rings is 1. The van der Waals surface area contributed by atoms with Crippen molar-refractivity contribution < 1.29 is 9.53 Å². The Labute approximate surface area is 145 Å². The summed E-state index contributed by atoms with van der Waals surface area (Å²) in [5.41, 5.74) is 0. The highest BCUT2D eigenvalue weighted by Crippen LogP contribution is 2.48. The molecule has 1 heterocycles.